The average molecular weight is 254 g/mol. The predicted molar refractivity (Wildman–Crippen MR) is 61.8 cm³/mol. The zero-order valence-electron chi connectivity index (χ0n) is 9.91. The molecular formula is C13H12F2O3. The molecule has 0 amide bonds. The third kappa shape index (κ3) is 2.20. The number of fused-ring (bicyclic) bond motifs is 1. The quantitative estimate of drug-likeness (QED) is 0.882. The Hall–Kier alpha value is -1.91. The van der Waals surface area contributed by atoms with Gasteiger partial charge in [0.1, 0.15) is 5.75 Å². The highest BCUT2D eigenvalue weighted by Crippen LogP contribution is 2.36. The second-order valence-electron chi connectivity index (χ2n) is 4.40. The second-order valence-corrected chi connectivity index (χ2v) is 4.40. The molecule has 0 aromatic heterocycles. The molecule has 96 valence electrons. The first-order valence-electron chi connectivity index (χ1n) is 5.39. The van der Waals surface area contributed by atoms with Gasteiger partial charge < -0.3 is 9.84 Å². The molecule has 0 radical (unpaired) electrons. The Morgan fingerprint density at radius 3 is 2.67 bits per heavy atom. The highest BCUT2D eigenvalue weighted by molar-refractivity contribution is 5.95. The Labute approximate surface area is 103 Å². The molecule has 1 heterocycles. The maximum Gasteiger partial charge on any atom is 0.335 e. The van der Waals surface area contributed by atoms with Crippen molar-refractivity contribution >= 4 is 12.0 Å². The van der Waals surface area contributed by atoms with E-state index in [2.05, 4.69) is 0 Å². The van der Waals surface area contributed by atoms with Crippen LogP contribution in [0.3, 0.4) is 0 Å². The molecule has 5 heteroatoms. The van der Waals surface area contributed by atoms with Crippen molar-refractivity contribution in [3.63, 3.8) is 0 Å². The number of hydrogen-bond donors (Lipinski definition) is 1. The third-order valence-electron chi connectivity index (χ3n) is 2.71. The van der Waals surface area contributed by atoms with Crippen LogP contribution in [0.25, 0.3) is 6.08 Å². The molecule has 2 rings (SSSR count). The van der Waals surface area contributed by atoms with Gasteiger partial charge in [0.25, 0.3) is 5.92 Å². The van der Waals surface area contributed by atoms with Crippen molar-refractivity contribution in [3.05, 3.63) is 34.9 Å². The van der Waals surface area contributed by atoms with Crippen molar-refractivity contribution in [2.45, 2.75) is 25.9 Å². The molecule has 0 spiro atoms. The van der Waals surface area contributed by atoms with Crippen molar-refractivity contribution in [2.75, 3.05) is 0 Å². The van der Waals surface area contributed by atoms with Crippen LogP contribution in [0.4, 0.5) is 8.78 Å². The standard InChI is InChI=1S/C13H12F2O3/c1-7-3-4-10-8(5-7)6-9(12(16)17)11(18-10)13(2,14)15/h3-6,11H,1-2H3,(H,16,17). The third-order valence-corrected chi connectivity index (χ3v) is 2.71. The van der Waals surface area contributed by atoms with E-state index in [-0.39, 0.29) is 5.75 Å². The fraction of sp³-hybridized carbons (Fsp3) is 0.308. The summed E-state index contributed by atoms with van der Waals surface area (Å²) >= 11 is 0. The van der Waals surface area contributed by atoms with Crippen LogP contribution in [0.15, 0.2) is 23.8 Å². The number of carboxylic acids is 1. The fourth-order valence-corrected chi connectivity index (χ4v) is 1.87. The van der Waals surface area contributed by atoms with E-state index in [1.54, 1.807) is 18.2 Å². The Kier molecular flexibility index (Phi) is 2.84. The van der Waals surface area contributed by atoms with Gasteiger partial charge in [-0.3, -0.25) is 0 Å². The largest absolute Gasteiger partial charge is 0.478 e. The molecule has 0 fully saturated rings. The van der Waals surface area contributed by atoms with Gasteiger partial charge in [-0.05, 0) is 25.1 Å². The summed E-state index contributed by atoms with van der Waals surface area (Å²) in [6, 6.07) is 4.99. The number of ether oxygens (including phenoxy) is 1. The first-order valence-corrected chi connectivity index (χ1v) is 5.39. The summed E-state index contributed by atoms with van der Waals surface area (Å²) in [6.45, 7) is 2.47. The molecule has 1 aromatic rings. The summed E-state index contributed by atoms with van der Waals surface area (Å²) in [4.78, 5) is 11.0. The maximum absolute atomic E-state index is 13.4. The molecule has 1 unspecified atom stereocenters. The Morgan fingerprint density at radius 1 is 1.44 bits per heavy atom. The normalized spacial score (nSPS) is 18.7. The van der Waals surface area contributed by atoms with E-state index in [4.69, 9.17) is 9.84 Å². The number of rotatable bonds is 2. The van der Waals surface area contributed by atoms with Gasteiger partial charge in [0.15, 0.2) is 6.10 Å². The van der Waals surface area contributed by atoms with Gasteiger partial charge in [0.05, 0.1) is 5.57 Å². The molecule has 1 aliphatic rings. The molecule has 1 aliphatic heterocycles. The summed E-state index contributed by atoms with van der Waals surface area (Å²) in [6.07, 6.45) is -0.513. The van der Waals surface area contributed by atoms with E-state index in [9.17, 15) is 13.6 Å². The lowest BCUT2D eigenvalue weighted by molar-refractivity contribution is -0.137. The van der Waals surface area contributed by atoms with Crippen molar-refractivity contribution < 1.29 is 23.4 Å². The topological polar surface area (TPSA) is 46.5 Å². The van der Waals surface area contributed by atoms with E-state index < -0.39 is 23.6 Å². The van der Waals surface area contributed by atoms with Gasteiger partial charge >= 0.3 is 5.97 Å². The molecular weight excluding hydrogens is 242 g/mol. The minimum atomic E-state index is -3.26. The molecule has 1 N–H and O–H groups in total. The SMILES string of the molecule is Cc1ccc2c(c1)C=C(C(=O)O)C(C(C)(F)F)O2. The highest BCUT2D eigenvalue weighted by atomic mass is 19.3. The molecule has 0 aliphatic carbocycles. The summed E-state index contributed by atoms with van der Waals surface area (Å²) in [5, 5.41) is 8.99. The van der Waals surface area contributed by atoms with E-state index in [1.807, 2.05) is 6.92 Å². The van der Waals surface area contributed by atoms with E-state index in [0.29, 0.717) is 12.5 Å². The van der Waals surface area contributed by atoms with Crippen LogP contribution in [0, 0.1) is 6.92 Å². The number of aliphatic carboxylic acids is 1. The zero-order chi connectivity index (χ0) is 13.5. The predicted octanol–water partition coefficient (Wildman–Crippen LogP) is 2.88. The highest BCUT2D eigenvalue weighted by Gasteiger charge is 2.43. The number of carboxylic acid groups (broad SMARTS) is 1. The molecule has 18 heavy (non-hydrogen) atoms. The number of benzene rings is 1. The van der Waals surface area contributed by atoms with E-state index in [1.165, 1.54) is 6.08 Å². The van der Waals surface area contributed by atoms with E-state index in [0.717, 1.165) is 5.56 Å². The molecule has 1 aromatic carbocycles. The van der Waals surface area contributed by atoms with Crippen LogP contribution < -0.4 is 4.74 Å². The van der Waals surface area contributed by atoms with Crippen molar-refractivity contribution in [3.8, 4) is 5.75 Å². The minimum absolute atomic E-state index is 0.275. The molecule has 0 saturated carbocycles. The molecule has 0 bridgehead atoms. The number of halogens is 2. The Bertz CT molecular complexity index is 530. The first-order chi connectivity index (χ1) is 8.29. The lowest BCUT2D eigenvalue weighted by atomic mass is 9.97. The smallest absolute Gasteiger partial charge is 0.335 e. The number of aryl methyl sites for hydroxylation is 1. The number of carbonyl (C=O) groups is 1. The molecule has 1 atom stereocenters. The van der Waals surface area contributed by atoms with Gasteiger partial charge in [0.2, 0.25) is 0 Å². The van der Waals surface area contributed by atoms with Crippen molar-refractivity contribution in [1.82, 2.24) is 0 Å². The van der Waals surface area contributed by atoms with Crippen molar-refractivity contribution in [2.24, 2.45) is 0 Å². The van der Waals surface area contributed by atoms with Crippen LogP contribution in [-0.2, 0) is 4.79 Å². The van der Waals surface area contributed by atoms with Crippen LogP contribution in [0.1, 0.15) is 18.1 Å². The maximum atomic E-state index is 13.4. The number of alkyl halides is 2. The van der Waals surface area contributed by atoms with E-state index >= 15 is 0 Å². The average Bonchev–Trinajstić information content (AvgIpc) is 2.25. The van der Waals surface area contributed by atoms with Gasteiger partial charge in [-0.25, -0.2) is 13.6 Å². The van der Waals surface area contributed by atoms with Crippen LogP contribution in [0.2, 0.25) is 0 Å². The fourth-order valence-electron chi connectivity index (χ4n) is 1.87. The zero-order valence-corrected chi connectivity index (χ0v) is 9.91. The lowest BCUT2D eigenvalue weighted by Crippen LogP contribution is -2.41. The summed E-state index contributed by atoms with van der Waals surface area (Å²) in [5.41, 5.74) is 0.980. The lowest BCUT2D eigenvalue weighted by Gasteiger charge is -2.29. The van der Waals surface area contributed by atoms with Gasteiger partial charge in [0, 0.05) is 12.5 Å². The van der Waals surface area contributed by atoms with Gasteiger partial charge in [-0.2, -0.15) is 0 Å². The van der Waals surface area contributed by atoms with Crippen LogP contribution in [-0.4, -0.2) is 23.1 Å². The summed E-state index contributed by atoms with van der Waals surface area (Å²) < 4.78 is 31.9. The molecule has 3 nitrogen and oxygen atoms in total. The Morgan fingerprint density at radius 2 is 2.11 bits per heavy atom. The van der Waals surface area contributed by atoms with Crippen LogP contribution in [0.5, 0.6) is 5.75 Å². The van der Waals surface area contributed by atoms with Gasteiger partial charge in [-0.1, -0.05) is 11.6 Å². The van der Waals surface area contributed by atoms with Crippen LogP contribution >= 0.6 is 0 Å². The van der Waals surface area contributed by atoms with Crippen molar-refractivity contribution in [1.29, 1.82) is 0 Å². The number of hydrogen-bond acceptors (Lipinski definition) is 2. The first kappa shape index (κ1) is 12.5. The van der Waals surface area contributed by atoms with Gasteiger partial charge in [-0.15, -0.1) is 0 Å². The monoisotopic (exact) mass is 254 g/mol. The summed E-state index contributed by atoms with van der Waals surface area (Å²) in [7, 11) is 0. The summed E-state index contributed by atoms with van der Waals surface area (Å²) in [5.74, 6) is -4.38. The minimum Gasteiger partial charge on any atom is -0.478 e. The molecule has 0 saturated heterocycles. The second kappa shape index (κ2) is 4.08. The Balaban J connectivity index is 2.53.